The SMILES string of the molecule is Cc1cc(/C=C/C#N)cc(C)c1Oc1nc(NC23CC(C#N)(C2)C3)nc2c1[C@@H](C)N(CC(F)F)C2=O. The van der Waals surface area contributed by atoms with Crippen LogP contribution in [-0.2, 0) is 0 Å². The maximum absolute atomic E-state index is 13.2. The predicted octanol–water partition coefficient (Wildman–Crippen LogP) is 5.06. The number of alkyl halides is 2. The molecule has 1 atom stereocenters. The Morgan fingerprint density at radius 1 is 1.25 bits per heavy atom. The van der Waals surface area contributed by atoms with Gasteiger partial charge in [-0.25, -0.2) is 13.8 Å². The molecule has 2 aromatic rings. The number of benzene rings is 1. The largest absolute Gasteiger partial charge is 0.438 e. The number of hydrogen-bond acceptors (Lipinski definition) is 7. The topological polar surface area (TPSA) is 115 Å². The zero-order valence-electron chi connectivity index (χ0n) is 20.1. The molecule has 1 aliphatic heterocycles. The van der Waals surface area contributed by atoms with Crippen LogP contribution >= 0.6 is 0 Å². The standard InChI is InChI=1S/C26H24F2N6O2/c1-14-7-17(5-4-6-29)8-15(2)21(14)36-22-19-16(3)34(9-18(27)28)23(35)20(19)31-24(32-22)33-26-10-25(11-26,12-26)13-30/h4-5,7-8,16,18H,9-12H2,1-3H3,(H,31,32,33)/b5-4+/t16-,25?,26?/m1/s1. The summed E-state index contributed by atoms with van der Waals surface area (Å²) in [5, 5.41) is 21.4. The second kappa shape index (κ2) is 8.27. The van der Waals surface area contributed by atoms with E-state index in [1.807, 2.05) is 32.0 Å². The number of rotatable bonds is 7. The third-order valence-corrected chi connectivity index (χ3v) is 7.27. The molecule has 2 bridgehead atoms. The number of carbonyl (C=O) groups excluding carboxylic acids is 1. The number of carbonyl (C=O) groups is 1. The Balaban J connectivity index is 1.53. The first kappa shape index (κ1) is 23.7. The normalized spacial score (nSPS) is 25.7. The van der Waals surface area contributed by atoms with Gasteiger partial charge >= 0.3 is 0 Å². The van der Waals surface area contributed by atoms with Crippen molar-refractivity contribution in [1.29, 1.82) is 10.5 Å². The highest BCUT2D eigenvalue weighted by Gasteiger charge is 2.69. The van der Waals surface area contributed by atoms with Crippen LogP contribution in [0.4, 0.5) is 14.7 Å². The zero-order chi connectivity index (χ0) is 25.8. The molecule has 2 heterocycles. The van der Waals surface area contributed by atoms with Crippen molar-refractivity contribution in [3.63, 3.8) is 0 Å². The van der Waals surface area contributed by atoms with Crippen molar-refractivity contribution < 1.29 is 18.3 Å². The van der Waals surface area contributed by atoms with Crippen LogP contribution < -0.4 is 10.1 Å². The number of nitriles is 2. The van der Waals surface area contributed by atoms with E-state index in [0.29, 0.717) is 30.6 Å². The van der Waals surface area contributed by atoms with Gasteiger partial charge in [0.25, 0.3) is 12.3 Å². The van der Waals surface area contributed by atoms with Crippen molar-refractivity contribution in [1.82, 2.24) is 14.9 Å². The van der Waals surface area contributed by atoms with Crippen LogP contribution in [0, 0.1) is 41.9 Å². The Bertz CT molecular complexity index is 1350. The highest BCUT2D eigenvalue weighted by Crippen LogP contribution is 2.67. The number of halogens is 2. The molecular weight excluding hydrogens is 466 g/mol. The number of anilines is 1. The number of ether oxygens (including phenoxy) is 1. The van der Waals surface area contributed by atoms with E-state index in [-0.39, 0.29) is 28.5 Å². The number of nitrogens with one attached hydrogen (secondary N) is 1. The molecule has 0 saturated heterocycles. The molecule has 3 saturated carbocycles. The third-order valence-electron chi connectivity index (χ3n) is 7.27. The Hall–Kier alpha value is -4.05. The third kappa shape index (κ3) is 3.74. The van der Waals surface area contributed by atoms with Gasteiger partial charge in [-0.05, 0) is 74.9 Å². The van der Waals surface area contributed by atoms with E-state index >= 15 is 0 Å². The summed E-state index contributed by atoms with van der Waals surface area (Å²) < 4.78 is 32.8. The minimum absolute atomic E-state index is 0.0427. The number of fused-ring (bicyclic) bond motifs is 1. The number of amides is 1. The molecule has 1 N–H and O–H groups in total. The van der Waals surface area contributed by atoms with Gasteiger partial charge in [-0.3, -0.25) is 4.79 Å². The van der Waals surface area contributed by atoms with E-state index in [4.69, 9.17) is 10.00 Å². The second-order valence-corrected chi connectivity index (χ2v) is 10.0. The van der Waals surface area contributed by atoms with Gasteiger partial charge in [-0.2, -0.15) is 15.5 Å². The summed E-state index contributed by atoms with van der Waals surface area (Å²) in [7, 11) is 0. The van der Waals surface area contributed by atoms with E-state index in [9.17, 15) is 18.8 Å². The van der Waals surface area contributed by atoms with Crippen LogP contribution in [0.3, 0.4) is 0 Å². The molecule has 10 heteroatoms. The van der Waals surface area contributed by atoms with Crippen molar-refractivity contribution in [2.24, 2.45) is 5.41 Å². The molecule has 36 heavy (non-hydrogen) atoms. The average molecular weight is 491 g/mol. The molecule has 8 nitrogen and oxygen atoms in total. The molecule has 1 amide bonds. The van der Waals surface area contributed by atoms with Crippen LogP contribution in [0.25, 0.3) is 6.08 Å². The molecule has 184 valence electrons. The zero-order valence-corrected chi connectivity index (χ0v) is 20.1. The van der Waals surface area contributed by atoms with Crippen LogP contribution in [0.5, 0.6) is 11.6 Å². The summed E-state index contributed by atoms with van der Waals surface area (Å²) in [6, 6.07) is 7.33. The monoisotopic (exact) mass is 490 g/mol. The highest BCUT2D eigenvalue weighted by atomic mass is 19.3. The van der Waals surface area contributed by atoms with Gasteiger partial charge < -0.3 is 15.0 Å². The van der Waals surface area contributed by atoms with Gasteiger partial charge in [0, 0.05) is 11.6 Å². The molecule has 1 aromatic carbocycles. The summed E-state index contributed by atoms with van der Waals surface area (Å²) in [6.45, 7) is 4.65. The number of aryl methyl sites for hydroxylation is 2. The molecule has 3 aliphatic carbocycles. The average Bonchev–Trinajstić information content (AvgIpc) is 3.00. The van der Waals surface area contributed by atoms with Gasteiger partial charge in [0.05, 0.1) is 35.7 Å². The smallest absolute Gasteiger partial charge is 0.273 e. The second-order valence-electron chi connectivity index (χ2n) is 10.0. The van der Waals surface area contributed by atoms with Crippen LogP contribution in [0.15, 0.2) is 18.2 Å². The number of aromatic nitrogens is 2. The van der Waals surface area contributed by atoms with Gasteiger partial charge in [0.1, 0.15) is 11.4 Å². The van der Waals surface area contributed by atoms with Crippen molar-refractivity contribution in [3.05, 3.63) is 46.2 Å². The summed E-state index contributed by atoms with van der Waals surface area (Å²) in [6.07, 6.45) is 2.40. The highest BCUT2D eigenvalue weighted by molar-refractivity contribution is 5.98. The maximum Gasteiger partial charge on any atom is 0.273 e. The molecule has 1 aromatic heterocycles. The molecule has 6 rings (SSSR count). The van der Waals surface area contributed by atoms with Crippen molar-refractivity contribution in [3.8, 4) is 23.8 Å². The maximum atomic E-state index is 13.2. The van der Waals surface area contributed by atoms with Crippen molar-refractivity contribution in [2.45, 2.75) is 58.0 Å². The van der Waals surface area contributed by atoms with E-state index in [1.165, 1.54) is 6.08 Å². The number of hydrogen-bond donors (Lipinski definition) is 1. The van der Waals surface area contributed by atoms with Crippen LogP contribution in [-0.4, -0.2) is 39.3 Å². The first-order chi connectivity index (χ1) is 17.1. The van der Waals surface area contributed by atoms with E-state index in [2.05, 4.69) is 21.4 Å². The van der Waals surface area contributed by atoms with Gasteiger partial charge in [-0.1, -0.05) is 0 Å². The van der Waals surface area contributed by atoms with Crippen molar-refractivity contribution >= 4 is 17.9 Å². The van der Waals surface area contributed by atoms with Gasteiger partial charge in [0.2, 0.25) is 11.8 Å². The van der Waals surface area contributed by atoms with Crippen LogP contribution in [0.2, 0.25) is 0 Å². The fourth-order valence-electron chi connectivity index (χ4n) is 5.73. The van der Waals surface area contributed by atoms with Crippen molar-refractivity contribution in [2.75, 3.05) is 11.9 Å². The Labute approximate surface area is 207 Å². The lowest BCUT2D eigenvalue weighted by Gasteiger charge is -2.66. The van der Waals surface area contributed by atoms with Gasteiger partial charge in [-0.15, -0.1) is 0 Å². The molecule has 0 unspecified atom stereocenters. The minimum atomic E-state index is -2.69. The Kier molecular flexibility index (Phi) is 5.44. The molecule has 0 radical (unpaired) electrons. The number of allylic oxidation sites excluding steroid dienone is 1. The molecule has 4 aliphatic rings. The number of nitrogens with zero attached hydrogens (tertiary/aromatic N) is 5. The fourth-order valence-corrected chi connectivity index (χ4v) is 5.73. The predicted molar refractivity (Wildman–Crippen MR) is 126 cm³/mol. The first-order valence-corrected chi connectivity index (χ1v) is 11.6. The summed E-state index contributed by atoms with van der Waals surface area (Å²) >= 11 is 0. The quantitative estimate of drug-likeness (QED) is 0.539. The van der Waals surface area contributed by atoms with E-state index in [0.717, 1.165) is 21.6 Å². The van der Waals surface area contributed by atoms with Crippen LogP contribution in [0.1, 0.15) is 65.0 Å². The minimum Gasteiger partial charge on any atom is -0.438 e. The lowest BCUT2D eigenvalue weighted by molar-refractivity contribution is -0.0665. The van der Waals surface area contributed by atoms with Gasteiger partial charge in [0.15, 0.2) is 0 Å². The Morgan fingerprint density at radius 3 is 2.50 bits per heavy atom. The lowest BCUT2D eigenvalue weighted by Crippen LogP contribution is -2.70. The lowest BCUT2D eigenvalue weighted by atomic mass is 9.40. The molecule has 0 spiro atoms. The molecular formula is C26H24F2N6O2. The summed E-state index contributed by atoms with van der Waals surface area (Å²) in [5.74, 6) is 0.244. The first-order valence-electron chi connectivity index (χ1n) is 11.6. The summed E-state index contributed by atoms with van der Waals surface area (Å²) in [5.41, 5.74) is 2.22. The molecule has 3 fully saturated rings. The van der Waals surface area contributed by atoms with E-state index in [1.54, 1.807) is 13.0 Å². The fraction of sp³-hybridized carbons (Fsp3) is 0.423. The van der Waals surface area contributed by atoms with E-state index < -0.39 is 24.9 Å². The summed E-state index contributed by atoms with van der Waals surface area (Å²) in [4.78, 5) is 23.2. The Morgan fingerprint density at radius 2 is 1.92 bits per heavy atom.